The zero-order chi connectivity index (χ0) is 15.2. The van der Waals surface area contributed by atoms with E-state index in [0.717, 1.165) is 6.20 Å². The maximum Gasteiger partial charge on any atom is 0.396 e. The van der Waals surface area contributed by atoms with E-state index in [2.05, 4.69) is 10.4 Å². The molecule has 1 aromatic carbocycles. The number of rotatable bonds is 1. The van der Waals surface area contributed by atoms with Crippen LogP contribution in [0.25, 0.3) is 5.69 Å². The Morgan fingerprint density at radius 2 is 1.95 bits per heavy atom. The molecule has 3 rings (SSSR count). The first-order valence-electron chi connectivity index (χ1n) is 6.06. The number of nitrogens with zero attached hydrogens (tertiary/aromatic N) is 2. The quantitative estimate of drug-likeness (QED) is 0.875. The van der Waals surface area contributed by atoms with Gasteiger partial charge in [0.05, 0.1) is 17.8 Å². The summed E-state index contributed by atoms with van der Waals surface area (Å²) in [4.78, 5) is 11.5. The van der Waals surface area contributed by atoms with Crippen molar-refractivity contribution < 1.29 is 18.0 Å². The van der Waals surface area contributed by atoms with Crippen molar-refractivity contribution in [3.63, 3.8) is 0 Å². The Labute approximate surface area is 122 Å². The van der Waals surface area contributed by atoms with E-state index in [1.807, 2.05) is 0 Å². The lowest BCUT2D eigenvalue weighted by Crippen LogP contribution is -2.31. The Morgan fingerprint density at radius 1 is 1.29 bits per heavy atom. The van der Waals surface area contributed by atoms with Gasteiger partial charge in [0.1, 0.15) is 5.82 Å². The molecule has 0 fully saturated rings. The summed E-state index contributed by atoms with van der Waals surface area (Å²) >= 11 is 5.77. The van der Waals surface area contributed by atoms with Crippen LogP contribution in [0.1, 0.15) is 17.9 Å². The molecule has 1 amide bonds. The summed E-state index contributed by atoms with van der Waals surface area (Å²) in [5, 5.41) is 6.90. The number of anilines is 1. The predicted octanol–water partition coefficient (Wildman–Crippen LogP) is 3.51. The average molecular weight is 316 g/mol. The largest absolute Gasteiger partial charge is 0.396 e. The molecule has 2 aromatic rings. The third kappa shape index (κ3) is 2.49. The molecule has 0 saturated carbocycles. The number of aromatic nitrogens is 2. The lowest BCUT2D eigenvalue weighted by atomic mass is 9.94. The van der Waals surface area contributed by atoms with Crippen LogP contribution in [0.3, 0.4) is 0 Å². The third-order valence-corrected chi connectivity index (χ3v) is 3.54. The normalized spacial score (nSPS) is 18.3. The number of hydrogen-bond acceptors (Lipinski definition) is 2. The van der Waals surface area contributed by atoms with E-state index in [4.69, 9.17) is 11.6 Å². The summed E-state index contributed by atoms with van der Waals surface area (Å²) < 4.78 is 40.3. The van der Waals surface area contributed by atoms with Crippen LogP contribution in [-0.4, -0.2) is 21.9 Å². The molecule has 8 heteroatoms. The van der Waals surface area contributed by atoms with Crippen molar-refractivity contribution in [1.29, 1.82) is 0 Å². The van der Waals surface area contributed by atoms with Crippen LogP contribution in [0.5, 0.6) is 0 Å². The summed E-state index contributed by atoms with van der Waals surface area (Å²) in [7, 11) is 0. The maximum atomic E-state index is 13.0. The molecule has 1 aliphatic heterocycles. The fourth-order valence-corrected chi connectivity index (χ4v) is 2.42. The second kappa shape index (κ2) is 4.77. The highest BCUT2D eigenvalue weighted by Gasteiger charge is 2.46. The highest BCUT2D eigenvalue weighted by atomic mass is 35.5. The van der Waals surface area contributed by atoms with Crippen molar-refractivity contribution in [2.24, 2.45) is 0 Å². The summed E-state index contributed by atoms with van der Waals surface area (Å²) in [6.07, 6.45) is -3.97. The summed E-state index contributed by atoms with van der Waals surface area (Å²) in [5.74, 6) is -2.46. The average Bonchev–Trinajstić information content (AvgIpc) is 2.81. The van der Waals surface area contributed by atoms with E-state index < -0.39 is 24.4 Å². The molecule has 0 unspecified atom stereocenters. The number of halogens is 4. The maximum absolute atomic E-state index is 13.0. The Bertz CT molecular complexity index is 694. The van der Waals surface area contributed by atoms with Gasteiger partial charge in [-0.1, -0.05) is 11.6 Å². The van der Waals surface area contributed by atoms with Gasteiger partial charge in [0, 0.05) is 17.0 Å². The fourth-order valence-electron chi connectivity index (χ4n) is 2.29. The van der Waals surface area contributed by atoms with E-state index in [1.54, 1.807) is 24.3 Å². The van der Waals surface area contributed by atoms with E-state index in [9.17, 15) is 18.0 Å². The van der Waals surface area contributed by atoms with Crippen LogP contribution in [0, 0.1) is 0 Å². The third-order valence-electron chi connectivity index (χ3n) is 3.29. The highest BCUT2D eigenvalue weighted by Crippen LogP contribution is 2.43. The minimum atomic E-state index is -4.49. The van der Waals surface area contributed by atoms with E-state index in [-0.39, 0.29) is 11.4 Å². The second-order valence-electron chi connectivity index (χ2n) is 4.68. The van der Waals surface area contributed by atoms with Gasteiger partial charge in [0.2, 0.25) is 5.91 Å². The molecule has 21 heavy (non-hydrogen) atoms. The van der Waals surface area contributed by atoms with E-state index in [1.165, 1.54) is 4.68 Å². The Morgan fingerprint density at radius 3 is 2.57 bits per heavy atom. The van der Waals surface area contributed by atoms with Crippen LogP contribution < -0.4 is 5.32 Å². The number of amides is 1. The van der Waals surface area contributed by atoms with Crippen molar-refractivity contribution in [3.8, 4) is 5.69 Å². The molecule has 0 spiro atoms. The second-order valence-corrected chi connectivity index (χ2v) is 5.12. The highest BCUT2D eigenvalue weighted by molar-refractivity contribution is 6.30. The molecular weight excluding hydrogens is 307 g/mol. The van der Waals surface area contributed by atoms with Crippen LogP contribution in [0.2, 0.25) is 5.02 Å². The van der Waals surface area contributed by atoms with Crippen LogP contribution in [-0.2, 0) is 4.79 Å². The molecule has 0 bridgehead atoms. The molecule has 0 aliphatic carbocycles. The van der Waals surface area contributed by atoms with Crippen molar-refractivity contribution in [1.82, 2.24) is 9.78 Å². The number of benzene rings is 1. The zero-order valence-electron chi connectivity index (χ0n) is 10.5. The fraction of sp³-hybridized carbons (Fsp3) is 0.231. The molecule has 1 atom stereocenters. The van der Waals surface area contributed by atoms with E-state index >= 15 is 0 Å². The Hall–Kier alpha value is -2.02. The summed E-state index contributed by atoms with van der Waals surface area (Å²) in [6.45, 7) is 0. The van der Waals surface area contributed by atoms with Gasteiger partial charge in [-0.05, 0) is 24.3 Å². The summed E-state index contributed by atoms with van der Waals surface area (Å²) in [6, 6.07) is 6.41. The number of fused-ring (bicyclic) bond motifs is 1. The van der Waals surface area contributed by atoms with Gasteiger partial charge in [-0.2, -0.15) is 18.3 Å². The topological polar surface area (TPSA) is 46.9 Å². The molecule has 1 aliphatic rings. The first kappa shape index (κ1) is 13.9. The zero-order valence-corrected chi connectivity index (χ0v) is 11.2. The van der Waals surface area contributed by atoms with Gasteiger partial charge in [-0.3, -0.25) is 4.79 Å². The Kier molecular flexibility index (Phi) is 3.16. The molecule has 110 valence electrons. The van der Waals surface area contributed by atoms with Gasteiger partial charge >= 0.3 is 6.18 Å². The number of carbonyl (C=O) groups is 1. The lowest BCUT2D eigenvalue weighted by Gasteiger charge is -2.25. The van der Waals surface area contributed by atoms with Crippen LogP contribution in [0.4, 0.5) is 19.0 Å². The van der Waals surface area contributed by atoms with E-state index in [0.29, 0.717) is 10.7 Å². The van der Waals surface area contributed by atoms with Gasteiger partial charge in [0.25, 0.3) is 0 Å². The molecule has 1 N–H and O–H groups in total. The van der Waals surface area contributed by atoms with Gasteiger partial charge in [0.15, 0.2) is 0 Å². The minimum absolute atomic E-state index is 0.0305. The smallest absolute Gasteiger partial charge is 0.310 e. The van der Waals surface area contributed by atoms with Crippen LogP contribution in [0.15, 0.2) is 30.5 Å². The summed E-state index contributed by atoms with van der Waals surface area (Å²) in [5.41, 5.74) is 0.487. The van der Waals surface area contributed by atoms with Crippen molar-refractivity contribution in [2.75, 3.05) is 5.32 Å². The van der Waals surface area contributed by atoms with Crippen molar-refractivity contribution in [3.05, 3.63) is 41.0 Å². The molecule has 2 heterocycles. The number of carbonyl (C=O) groups excluding carboxylic acids is 1. The minimum Gasteiger partial charge on any atom is -0.310 e. The van der Waals surface area contributed by atoms with Crippen molar-refractivity contribution in [2.45, 2.75) is 18.5 Å². The first-order valence-corrected chi connectivity index (χ1v) is 6.44. The molecule has 1 aromatic heterocycles. The van der Waals surface area contributed by atoms with Gasteiger partial charge < -0.3 is 5.32 Å². The first-order chi connectivity index (χ1) is 9.86. The van der Waals surface area contributed by atoms with Gasteiger partial charge in [-0.25, -0.2) is 4.68 Å². The monoisotopic (exact) mass is 315 g/mol. The predicted molar refractivity (Wildman–Crippen MR) is 70.6 cm³/mol. The molecular formula is C13H9ClF3N3O. The number of nitrogens with one attached hydrogen (secondary N) is 1. The Balaban J connectivity index is 2.09. The molecule has 0 radical (unpaired) electrons. The number of alkyl halides is 3. The number of hydrogen-bond donors (Lipinski definition) is 1. The molecule has 4 nitrogen and oxygen atoms in total. The lowest BCUT2D eigenvalue weighted by molar-refractivity contribution is -0.156. The standard InChI is InChI=1S/C13H9ClF3N3O/c14-7-1-3-8(4-2-7)20-12-9(6-18-20)10(13(15,16)17)5-11(21)19-12/h1-4,6,10H,5H2,(H,19,21)/t10-/m1/s1. The van der Waals surface area contributed by atoms with Gasteiger partial charge in [-0.15, -0.1) is 0 Å². The van der Waals surface area contributed by atoms with Crippen LogP contribution >= 0.6 is 11.6 Å². The van der Waals surface area contributed by atoms with Crippen molar-refractivity contribution >= 4 is 23.3 Å². The molecule has 0 saturated heterocycles. The SMILES string of the molecule is O=C1C[C@@H](C(F)(F)F)c2cnn(-c3ccc(Cl)cc3)c2N1.